The van der Waals surface area contributed by atoms with Gasteiger partial charge in [0.25, 0.3) is 5.91 Å². The molecule has 0 bridgehead atoms. The lowest BCUT2D eigenvalue weighted by atomic mass is 10.1. The van der Waals surface area contributed by atoms with E-state index in [1.807, 2.05) is 44.4 Å². The molecule has 1 aromatic carbocycles. The van der Waals surface area contributed by atoms with Gasteiger partial charge in [0.2, 0.25) is 11.7 Å². The third kappa shape index (κ3) is 3.82. The van der Waals surface area contributed by atoms with Crippen molar-refractivity contribution in [3.05, 3.63) is 76.4 Å². The lowest BCUT2D eigenvalue weighted by Crippen LogP contribution is -2.30. The normalized spacial score (nSPS) is 16.1. The molecule has 1 saturated heterocycles. The Hall–Kier alpha value is -3.39. The van der Waals surface area contributed by atoms with Crippen molar-refractivity contribution >= 4 is 17.5 Å². The van der Waals surface area contributed by atoms with E-state index in [9.17, 15) is 4.79 Å². The van der Waals surface area contributed by atoms with Gasteiger partial charge in [0.05, 0.1) is 11.9 Å². The van der Waals surface area contributed by atoms with Crippen LogP contribution in [0.15, 0.2) is 51.7 Å². The SMILES string of the molecule is Cc1nn(C)cc1-c1cc(C(=O)N2CCC[C@H]2c2ncc(Cc3ccccc3Cl)o2)on1. The van der Waals surface area contributed by atoms with E-state index in [0.29, 0.717) is 35.3 Å². The molecule has 0 unspecified atom stereocenters. The number of hydrogen-bond donors (Lipinski definition) is 0. The summed E-state index contributed by atoms with van der Waals surface area (Å²) in [6, 6.07) is 9.07. The summed E-state index contributed by atoms with van der Waals surface area (Å²) < 4.78 is 13.1. The molecule has 8 nitrogen and oxygen atoms in total. The molecule has 4 heterocycles. The van der Waals surface area contributed by atoms with Crippen LogP contribution in [0, 0.1) is 6.92 Å². The summed E-state index contributed by atoms with van der Waals surface area (Å²) in [7, 11) is 1.84. The number of benzene rings is 1. The van der Waals surface area contributed by atoms with Gasteiger partial charge in [0.1, 0.15) is 17.5 Å². The highest BCUT2D eigenvalue weighted by Gasteiger charge is 2.35. The predicted molar refractivity (Wildman–Crippen MR) is 117 cm³/mol. The van der Waals surface area contributed by atoms with Crippen molar-refractivity contribution in [1.82, 2.24) is 24.8 Å². The summed E-state index contributed by atoms with van der Waals surface area (Å²) in [6.45, 7) is 2.50. The first-order valence-corrected chi connectivity index (χ1v) is 10.8. The van der Waals surface area contributed by atoms with Gasteiger partial charge in [-0.2, -0.15) is 5.10 Å². The van der Waals surface area contributed by atoms with E-state index in [0.717, 1.165) is 29.7 Å². The van der Waals surface area contributed by atoms with Gasteiger partial charge in [-0.15, -0.1) is 0 Å². The van der Waals surface area contributed by atoms with E-state index in [1.54, 1.807) is 21.8 Å². The first-order valence-electron chi connectivity index (χ1n) is 10.5. The molecule has 0 aliphatic carbocycles. The third-order valence-electron chi connectivity index (χ3n) is 5.70. The Bertz CT molecular complexity index is 1270. The smallest absolute Gasteiger partial charge is 0.293 e. The highest BCUT2D eigenvalue weighted by Crippen LogP contribution is 2.34. The number of carbonyl (C=O) groups excluding carboxylic acids is 1. The van der Waals surface area contributed by atoms with E-state index in [-0.39, 0.29) is 17.7 Å². The molecule has 5 rings (SSSR count). The van der Waals surface area contributed by atoms with Crippen molar-refractivity contribution in [3.63, 3.8) is 0 Å². The molecule has 164 valence electrons. The van der Waals surface area contributed by atoms with E-state index in [1.165, 1.54) is 0 Å². The van der Waals surface area contributed by atoms with E-state index >= 15 is 0 Å². The van der Waals surface area contributed by atoms with Crippen LogP contribution < -0.4 is 0 Å². The van der Waals surface area contributed by atoms with Gasteiger partial charge < -0.3 is 13.8 Å². The van der Waals surface area contributed by atoms with Crippen LogP contribution in [-0.4, -0.2) is 37.3 Å². The quantitative estimate of drug-likeness (QED) is 0.440. The predicted octanol–water partition coefficient (Wildman–Crippen LogP) is 4.59. The molecule has 1 fully saturated rings. The van der Waals surface area contributed by atoms with Crippen molar-refractivity contribution in [3.8, 4) is 11.3 Å². The summed E-state index contributed by atoms with van der Waals surface area (Å²) in [5.41, 5.74) is 3.22. The van der Waals surface area contributed by atoms with Gasteiger partial charge in [0.15, 0.2) is 0 Å². The topological polar surface area (TPSA) is 90.2 Å². The molecular weight excluding hydrogens is 430 g/mol. The number of carbonyl (C=O) groups is 1. The number of halogens is 1. The minimum Gasteiger partial charge on any atom is -0.443 e. The van der Waals surface area contributed by atoms with Gasteiger partial charge in [-0.3, -0.25) is 9.48 Å². The molecule has 32 heavy (non-hydrogen) atoms. The second-order valence-electron chi connectivity index (χ2n) is 7.97. The standard InChI is InChI=1S/C23H22ClN5O3/c1-14-17(13-28(2)26-14)19-11-21(32-27-19)23(30)29-9-5-8-20(29)22-25-12-16(31-22)10-15-6-3-4-7-18(15)24/h3-4,6-7,11-13,20H,5,8-10H2,1-2H3/t20-/m0/s1. The average molecular weight is 452 g/mol. The number of amides is 1. The number of rotatable bonds is 5. The molecule has 4 aromatic rings. The zero-order valence-corrected chi connectivity index (χ0v) is 18.5. The summed E-state index contributed by atoms with van der Waals surface area (Å²) in [4.78, 5) is 19.4. The Balaban J connectivity index is 1.34. The number of aromatic nitrogens is 4. The summed E-state index contributed by atoms with van der Waals surface area (Å²) in [5.74, 6) is 1.21. The van der Waals surface area contributed by atoms with Gasteiger partial charge in [0, 0.05) is 42.9 Å². The Kier molecular flexibility index (Phi) is 5.30. The van der Waals surface area contributed by atoms with E-state index < -0.39 is 0 Å². The van der Waals surface area contributed by atoms with E-state index in [4.69, 9.17) is 20.5 Å². The number of likely N-dealkylation sites (tertiary alicyclic amines) is 1. The van der Waals surface area contributed by atoms with Crippen molar-refractivity contribution in [1.29, 1.82) is 0 Å². The zero-order chi connectivity index (χ0) is 22.2. The maximum atomic E-state index is 13.2. The zero-order valence-electron chi connectivity index (χ0n) is 17.8. The van der Waals surface area contributed by atoms with Crippen molar-refractivity contribution < 1.29 is 13.7 Å². The Morgan fingerprint density at radius 2 is 2.16 bits per heavy atom. The molecule has 0 saturated carbocycles. The minimum absolute atomic E-state index is 0.193. The Labute approximate surface area is 189 Å². The maximum Gasteiger partial charge on any atom is 0.293 e. The molecule has 0 N–H and O–H groups in total. The third-order valence-corrected chi connectivity index (χ3v) is 6.07. The average Bonchev–Trinajstić information content (AvgIpc) is 3.55. The molecule has 0 radical (unpaired) electrons. The lowest BCUT2D eigenvalue weighted by Gasteiger charge is -2.20. The molecule has 0 spiro atoms. The highest BCUT2D eigenvalue weighted by molar-refractivity contribution is 6.31. The molecule has 3 aromatic heterocycles. The van der Waals surface area contributed by atoms with Crippen molar-refractivity contribution in [2.24, 2.45) is 7.05 Å². The second kappa shape index (κ2) is 8.27. The fourth-order valence-electron chi connectivity index (χ4n) is 4.15. The maximum absolute atomic E-state index is 13.2. The molecule has 1 amide bonds. The van der Waals surface area contributed by atoms with Crippen LogP contribution in [0.4, 0.5) is 0 Å². The first-order chi connectivity index (χ1) is 15.5. The van der Waals surface area contributed by atoms with Crippen LogP contribution in [0.1, 0.15) is 52.3 Å². The Morgan fingerprint density at radius 1 is 1.31 bits per heavy atom. The highest BCUT2D eigenvalue weighted by atomic mass is 35.5. The van der Waals surface area contributed by atoms with Crippen LogP contribution in [0.25, 0.3) is 11.3 Å². The molecule has 1 aliphatic heterocycles. The van der Waals surface area contributed by atoms with Crippen LogP contribution in [0.2, 0.25) is 5.02 Å². The number of oxazole rings is 1. The largest absolute Gasteiger partial charge is 0.443 e. The number of aryl methyl sites for hydroxylation is 2. The van der Waals surface area contributed by atoms with E-state index in [2.05, 4.69) is 15.2 Å². The minimum atomic E-state index is -0.240. The fourth-order valence-corrected chi connectivity index (χ4v) is 4.35. The van der Waals surface area contributed by atoms with Crippen LogP contribution in [0.5, 0.6) is 0 Å². The lowest BCUT2D eigenvalue weighted by molar-refractivity contribution is 0.0672. The van der Waals surface area contributed by atoms with Gasteiger partial charge in [-0.05, 0) is 31.4 Å². The van der Waals surface area contributed by atoms with Gasteiger partial charge >= 0.3 is 0 Å². The molecular formula is C23H22ClN5O3. The summed E-state index contributed by atoms with van der Waals surface area (Å²) in [6.07, 6.45) is 5.75. The van der Waals surface area contributed by atoms with Crippen LogP contribution >= 0.6 is 11.6 Å². The first kappa shape index (κ1) is 20.5. The van der Waals surface area contributed by atoms with Crippen molar-refractivity contribution in [2.45, 2.75) is 32.2 Å². The van der Waals surface area contributed by atoms with Gasteiger partial charge in [-0.1, -0.05) is 35.0 Å². The molecule has 1 aliphatic rings. The Morgan fingerprint density at radius 3 is 2.94 bits per heavy atom. The van der Waals surface area contributed by atoms with Gasteiger partial charge in [-0.25, -0.2) is 4.98 Å². The number of hydrogen-bond acceptors (Lipinski definition) is 6. The second-order valence-corrected chi connectivity index (χ2v) is 8.38. The molecule has 9 heteroatoms. The monoisotopic (exact) mass is 451 g/mol. The van der Waals surface area contributed by atoms with Crippen LogP contribution in [0.3, 0.4) is 0 Å². The molecule has 1 atom stereocenters. The van der Waals surface area contributed by atoms with Crippen molar-refractivity contribution in [2.75, 3.05) is 6.54 Å². The van der Waals surface area contributed by atoms with Crippen LogP contribution in [-0.2, 0) is 13.5 Å². The fraction of sp³-hybridized carbons (Fsp3) is 0.304. The summed E-state index contributed by atoms with van der Waals surface area (Å²) in [5, 5.41) is 9.09. The number of nitrogens with zero attached hydrogens (tertiary/aromatic N) is 5. The summed E-state index contributed by atoms with van der Waals surface area (Å²) >= 11 is 6.26.